The van der Waals surface area contributed by atoms with E-state index in [0.29, 0.717) is 25.4 Å². The summed E-state index contributed by atoms with van der Waals surface area (Å²) >= 11 is 0. The van der Waals surface area contributed by atoms with Crippen molar-refractivity contribution < 1.29 is 14.2 Å². The molecular formula is C12H14O3. The maximum absolute atomic E-state index is 5.60. The molecule has 15 heavy (non-hydrogen) atoms. The Labute approximate surface area is 89.0 Å². The molecule has 0 aromatic heterocycles. The molecule has 2 fully saturated rings. The van der Waals surface area contributed by atoms with Crippen LogP contribution in [0, 0.1) is 0 Å². The van der Waals surface area contributed by atoms with E-state index >= 15 is 0 Å². The van der Waals surface area contributed by atoms with Gasteiger partial charge in [-0.15, -0.1) is 0 Å². The highest BCUT2D eigenvalue weighted by molar-refractivity contribution is 5.13. The van der Waals surface area contributed by atoms with Crippen molar-refractivity contribution in [2.45, 2.75) is 24.9 Å². The van der Waals surface area contributed by atoms with Crippen LogP contribution in [0.5, 0.6) is 0 Å². The molecule has 0 spiro atoms. The summed E-state index contributed by atoms with van der Waals surface area (Å²) in [5.74, 6) is 0. The summed E-state index contributed by atoms with van der Waals surface area (Å²) in [6.07, 6.45) is 0.815. The zero-order valence-electron chi connectivity index (χ0n) is 8.46. The molecule has 2 saturated heterocycles. The fourth-order valence-corrected chi connectivity index (χ4v) is 1.94. The van der Waals surface area contributed by atoms with E-state index in [0.717, 1.165) is 6.61 Å². The van der Waals surface area contributed by atoms with Crippen LogP contribution in [-0.4, -0.2) is 31.5 Å². The molecule has 0 radical (unpaired) electrons. The van der Waals surface area contributed by atoms with Crippen molar-refractivity contribution in [2.75, 3.05) is 13.2 Å². The number of hydrogen-bond donors (Lipinski definition) is 0. The predicted octanol–water partition coefficient (Wildman–Crippen LogP) is 1.37. The summed E-state index contributed by atoms with van der Waals surface area (Å²) < 4.78 is 16.5. The number of benzene rings is 1. The van der Waals surface area contributed by atoms with Gasteiger partial charge in [0.25, 0.3) is 0 Å². The maximum Gasteiger partial charge on any atom is 0.115 e. The lowest BCUT2D eigenvalue weighted by molar-refractivity contribution is -0.0322. The SMILES string of the molecule is c1ccc(COC[C@@H]2OC[C@H]3O[C@@H]23)cc1. The molecule has 3 rings (SSSR count). The Bertz CT molecular complexity index is 325. The number of fused-ring (bicyclic) bond motifs is 1. The molecule has 2 heterocycles. The van der Waals surface area contributed by atoms with Crippen molar-refractivity contribution in [1.29, 1.82) is 0 Å². The Morgan fingerprint density at radius 1 is 1.27 bits per heavy atom. The average molecular weight is 206 g/mol. The Morgan fingerprint density at radius 2 is 2.13 bits per heavy atom. The third-order valence-electron chi connectivity index (χ3n) is 2.86. The van der Waals surface area contributed by atoms with Crippen LogP contribution in [-0.2, 0) is 20.8 Å². The average Bonchev–Trinajstić information content (AvgIpc) is 2.96. The van der Waals surface area contributed by atoms with Gasteiger partial charge in [-0.25, -0.2) is 0 Å². The molecule has 0 unspecified atom stereocenters. The van der Waals surface area contributed by atoms with Crippen LogP contribution >= 0.6 is 0 Å². The molecule has 2 aliphatic rings. The third-order valence-corrected chi connectivity index (χ3v) is 2.86. The first-order chi connectivity index (χ1) is 7.43. The molecule has 3 heteroatoms. The molecule has 80 valence electrons. The lowest BCUT2D eigenvalue weighted by Gasteiger charge is -2.11. The van der Waals surface area contributed by atoms with Crippen LogP contribution in [0.4, 0.5) is 0 Å². The highest BCUT2D eigenvalue weighted by Crippen LogP contribution is 2.34. The summed E-state index contributed by atoms with van der Waals surface area (Å²) in [5, 5.41) is 0. The first-order valence-corrected chi connectivity index (χ1v) is 5.32. The van der Waals surface area contributed by atoms with Crippen LogP contribution in [0.1, 0.15) is 5.56 Å². The van der Waals surface area contributed by atoms with Crippen molar-refractivity contribution >= 4 is 0 Å². The van der Waals surface area contributed by atoms with Crippen LogP contribution < -0.4 is 0 Å². The summed E-state index contributed by atoms with van der Waals surface area (Å²) in [7, 11) is 0. The molecule has 0 N–H and O–H groups in total. The minimum absolute atomic E-state index is 0.152. The highest BCUT2D eigenvalue weighted by Gasteiger charge is 2.51. The fourth-order valence-electron chi connectivity index (χ4n) is 1.94. The van der Waals surface area contributed by atoms with Gasteiger partial charge in [-0.2, -0.15) is 0 Å². The third kappa shape index (κ3) is 2.04. The van der Waals surface area contributed by atoms with Crippen molar-refractivity contribution in [1.82, 2.24) is 0 Å². The first-order valence-electron chi connectivity index (χ1n) is 5.32. The van der Waals surface area contributed by atoms with E-state index in [1.807, 2.05) is 18.2 Å². The van der Waals surface area contributed by atoms with Gasteiger partial charge in [0.2, 0.25) is 0 Å². The number of ether oxygens (including phenoxy) is 3. The summed E-state index contributed by atoms with van der Waals surface area (Å²) in [6.45, 7) is 2.03. The number of rotatable bonds is 4. The van der Waals surface area contributed by atoms with Crippen LogP contribution in [0.25, 0.3) is 0 Å². The van der Waals surface area contributed by atoms with Gasteiger partial charge in [0.05, 0.1) is 19.8 Å². The van der Waals surface area contributed by atoms with Crippen molar-refractivity contribution in [3.05, 3.63) is 35.9 Å². The zero-order valence-corrected chi connectivity index (χ0v) is 8.46. The summed E-state index contributed by atoms with van der Waals surface area (Å²) in [6, 6.07) is 10.2. The second-order valence-corrected chi connectivity index (χ2v) is 4.01. The van der Waals surface area contributed by atoms with Crippen LogP contribution in [0.3, 0.4) is 0 Å². The molecule has 0 bridgehead atoms. The Hall–Kier alpha value is -0.900. The topological polar surface area (TPSA) is 31.0 Å². The molecule has 0 aliphatic carbocycles. The summed E-state index contributed by atoms with van der Waals surface area (Å²) in [5.41, 5.74) is 1.20. The monoisotopic (exact) mass is 206 g/mol. The minimum atomic E-state index is 0.152. The Morgan fingerprint density at radius 3 is 2.80 bits per heavy atom. The van der Waals surface area contributed by atoms with Crippen LogP contribution in [0.2, 0.25) is 0 Å². The van der Waals surface area contributed by atoms with Crippen molar-refractivity contribution in [3.63, 3.8) is 0 Å². The van der Waals surface area contributed by atoms with E-state index in [9.17, 15) is 0 Å². The molecule has 2 aliphatic heterocycles. The molecular weight excluding hydrogens is 192 g/mol. The van der Waals surface area contributed by atoms with Crippen molar-refractivity contribution in [2.24, 2.45) is 0 Å². The van der Waals surface area contributed by atoms with E-state index < -0.39 is 0 Å². The van der Waals surface area contributed by atoms with Gasteiger partial charge in [0, 0.05) is 0 Å². The molecule has 0 amide bonds. The molecule has 3 atom stereocenters. The quantitative estimate of drug-likeness (QED) is 0.697. The number of hydrogen-bond acceptors (Lipinski definition) is 3. The molecule has 1 aromatic carbocycles. The highest BCUT2D eigenvalue weighted by atomic mass is 16.7. The normalized spacial score (nSPS) is 32.7. The lowest BCUT2D eigenvalue weighted by Crippen LogP contribution is -2.21. The number of epoxide rings is 1. The lowest BCUT2D eigenvalue weighted by atomic mass is 10.2. The Balaban J connectivity index is 1.43. The maximum atomic E-state index is 5.60. The standard InChI is InChI=1S/C12H14O3/c1-2-4-9(5-3-1)6-13-7-10-12-11(15-12)8-14-10/h1-5,10-12H,6-8H2/t10-,11+,12-/m0/s1. The largest absolute Gasteiger partial charge is 0.374 e. The van der Waals surface area contributed by atoms with E-state index in [1.54, 1.807) is 0 Å². The van der Waals surface area contributed by atoms with E-state index in [-0.39, 0.29) is 6.10 Å². The predicted molar refractivity (Wildman–Crippen MR) is 54.5 cm³/mol. The second-order valence-electron chi connectivity index (χ2n) is 4.01. The smallest absolute Gasteiger partial charge is 0.115 e. The van der Waals surface area contributed by atoms with E-state index in [4.69, 9.17) is 14.2 Å². The second kappa shape index (κ2) is 3.93. The van der Waals surface area contributed by atoms with Crippen molar-refractivity contribution in [3.8, 4) is 0 Å². The van der Waals surface area contributed by atoms with E-state index in [2.05, 4.69) is 12.1 Å². The zero-order chi connectivity index (χ0) is 10.1. The Kier molecular flexibility index (Phi) is 2.44. The van der Waals surface area contributed by atoms with Gasteiger partial charge in [-0.3, -0.25) is 0 Å². The minimum Gasteiger partial charge on any atom is -0.374 e. The van der Waals surface area contributed by atoms with Gasteiger partial charge in [-0.05, 0) is 5.56 Å². The molecule has 0 saturated carbocycles. The van der Waals surface area contributed by atoms with Gasteiger partial charge in [0.1, 0.15) is 18.3 Å². The fraction of sp³-hybridized carbons (Fsp3) is 0.500. The van der Waals surface area contributed by atoms with Gasteiger partial charge in [-0.1, -0.05) is 30.3 Å². The molecule has 3 nitrogen and oxygen atoms in total. The van der Waals surface area contributed by atoms with Gasteiger partial charge >= 0.3 is 0 Å². The first kappa shape index (κ1) is 9.33. The summed E-state index contributed by atoms with van der Waals surface area (Å²) in [4.78, 5) is 0. The van der Waals surface area contributed by atoms with Crippen LogP contribution in [0.15, 0.2) is 30.3 Å². The van der Waals surface area contributed by atoms with E-state index in [1.165, 1.54) is 5.56 Å². The van der Waals surface area contributed by atoms with Gasteiger partial charge < -0.3 is 14.2 Å². The molecule has 1 aromatic rings. The van der Waals surface area contributed by atoms with Gasteiger partial charge in [0.15, 0.2) is 0 Å².